The maximum Gasteiger partial charge on any atom is 0.358 e. The van der Waals surface area contributed by atoms with E-state index in [1.54, 1.807) is 31.2 Å². The van der Waals surface area contributed by atoms with E-state index in [1.807, 2.05) is 0 Å². The summed E-state index contributed by atoms with van der Waals surface area (Å²) in [6.07, 6.45) is -5.83. The molecule has 1 fully saturated rings. The van der Waals surface area contributed by atoms with Gasteiger partial charge in [0.2, 0.25) is 0 Å². The van der Waals surface area contributed by atoms with Gasteiger partial charge in [-0.15, -0.1) is 0 Å². The molecule has 0 aromatic heterocycles. The quantitative estimate of drug-likeness (QED) is 0.649. The monoisotopic (exact) mass is 378 g/mol. The van der Waals surface area contributed by atoms with Crippen molar-refractivity contribution in [2.45, 2.75) is 37.6 Å². The molecule has 0 unspecified atom stereocenters. The van der Waals surface area contributed by atoms with Crippen molar-refractivity contribution in [1.29, 1.82) is 0 Å². The molecule has 1 aromatic rings. The molecule has 0 saturated carbocycles. The largest absolute Gasteiger partial charge is 0.447 e. The third-order valence-corrected chi connectivity index (χ3v) is 3.83. The van der Waals surface area contributed by atoms with Crippen LogP contribution in [-0.4, -0.2) is 64.5 Å². The van der Waals surface area contributed by atoms with Gasteiger partial charge >= 0.3 is 5.24 Å². The summed E-state index contributed by atoms with van der Waals surface area (Å²) < 4.78 is 21.2. The average Bonchev–Trinajstić information content (AvgIpc) is 2.56. The van der Waals surface area contributed by atoms with Crippen molar-refractivity contribution in [3.63, 3.8) is 0 Å². The molecule has 0 aliphatic carbocycles. The molecule has 0 amide bonds. The molecule has 1 saturated heterocycles. The molecule has 1 heterocycles. The van der Waals surface area contributed by atoms with Gasteiger partial charge in [0, 0.05) is 23.8 Å². The Morgan fingerprint density at radius 2 is 1.92 bits per heavy atom. The van der Waals surface area contributed by atoms with Crippen LogP contribution in [-0.2, 0) is 14.2 Å². The van der Waals surface area contributed by atoms with Crippen LogP contribution in [0.5, 0.6) is 5.75 Å². The Balaban J connectivity index is 2.03. The molecular weight excluding hydrogens is 360 g/mol. The van der Waals surface area contributed by atoms with Crippen LogP contribution in [0.2, 0.25) is 5.02 Å². The summed E-state index contributed by atoms with van der Waals surface area (Å²) in [6.45, 7) is 1.52. The van der Waals surface area contributed by atoms with E-state index in [-0.39, 0.29) is 11.8 Å². The predicted molar refractivity (Wildman–Crippen MR) is 88.9 cm³/mol. The Kier molecular flexibility index (Phi) is 7.17. The molecule has 1 aliphatic rings. The normalized spacial score (nSPS) is 30.0. The van der Waals surface area contributed by atoms with E-state index in [9.17, 15) is 15.3 Å². The molecule has 0 radical (unpaired) electrons. The zero-order valence-electron chi connectivity index (χ0n) is 12.9. The first kappa shape index (κ1) is 19.3. The summed E-state index contributed by atoms with van der Waals surface area (Å²) in [4.78, 5) is 0. The first-order chi connectivity index (χ1) is 11.5. The molecule has 1 aromatic carbocycles. The highest BCUT2D eigenvalue weighted by molar-refractivity contribution is 7.79. The van der Waals surface area contributed by atoms with Gasteiger partial charge < -0.3 is 34.3 Å². The lowest BCUT2D eigenvalue weighted by Crippen LogP contribution is -2.60. The van der Waals surface area contributed by atoms with Gasteiger partial charge in [0.15, 0.2) is 12.4 Å². The summed E-state index contributed by atoms with van der Waals surface area (Å²) >= 11 is 10.8. The van der Waals surface area contributed by atoms with Crippen LogP contribution in [0.1, 0.15) is 6.92 Å². The van der Waals surface area contributed by atoms with Crippen molar-refractivity contribution in [2.75, 3.05) is 13.2 Å². The minimum Gasteiger partial charge on any atom is -0.447 e. The van der Waals surface area contributed by atoms with E-state index in [1.165, 1.54) is 0 Å². The van der Waals surface area contributed by atoms with E-state index in [4.69, 9.17) is 42.8 Å². The van der Waals surface area contributed by atoms with Crippen LogP contribution < -0.4 is 4.74 Å². The van der Waals surface area contributed by atoms with Crippen LogP contribution in [0.3, 0.4) is 0 Å². The van der Waals surface area contributed by atoms with Crippen molar-refractivity contribution in [3.05, 3.63) is 29.3 Å². The van der Waals surface area contributed by atoms with E-state index >= 15 is 0 Å². The highest BCUT2D eigenvalue weighted by Gasteiger charge is 2.47. The zero-order chi connectivity index (χ0) is 17.7. The lowest BCUT2D eigenvalue weighted by atomic mass is 9.99. The van der Waals surface area contributed by atoms with Crippen molar-refractivity contribution < 1.29 is 34.3 Å². The lowest BCUT2D eigenvalue weighted by molar-refractivity contribution is -0.298. The molecule has 5 atom stereocenters. The van der Waals surface area contributed by atoms with Crippen molar-refractivity contribution in [1.82, 2.24) is 0 Å². The molecule has 134 valence electrons. The van der Waals surface area contributed by atoms with Crippen molar-refractivity contribution in [2.24, 2.45) is 0 Å². The van der Waals surface area contributed by atoms with Crippen LogP contribution in [0, 0.1) is 0 Å². The second-order valence-electron chi connectivity index (χ2n) is 5.05. The highest BCUT2D eigenvalue weighted by Crippen LogP contribution is 2.25. The summed E-state index contributed by atoms with van der Waals surface area (Å²) in [5, 5.41) is 30.0. The fourth-order valence-electron chi connectivity index (χ4n) is 2.23. The summed E-state index contributed by atoms with van der Waals surface area (Å²) in [7, 11) is 0. The minimum atomic E-state index is -1.31. The van der Waals surface area contributed by atoms with Crippen LogP contribution in [0.4, 0.5) is 0 Å². The summed E-state index contributed by atoms with van der Waals surface area (Å²) in [5.74, 6) is 0.389. The van der Waals surface area contributed by atoms with Crippen LogP contribution in [0.25, 0.3) is 0 Å². The van der Waals surface area contributed by atoms with Crippen molar-refractivity contribution in [3.8, 4) is 5.75 Å². The van der Waals surface area contributed by atoms with E-state index in [2.05, 4.69) is 0 Å². The first-order valence-electron chi connectivity index (χ1n) is 7.34. The topological polar surface area (TPSA) is 97.6 Å². The third kappa shape index (κ3) is 4.76. The third-order valence-electron chi connectivity index (χ3n) is 3.40. The number of aliphatic hydroxyl groups is 3. The second kappa shape index (κ2) is 8.91. The number of thiocarbonyl (C=S) groups is 1. The number of ether oxygens (including phenoxy) is 4. The Labute approximate surface area is 149 Å². The molecule has 3 N–H and O–H groups in total. The second-order valence-corrected chi connectivity index (χ2v) is 5.82. The Morgan fingerprint density at radius 3 is 2.50 bits per heavy atom. The molecule has 2 rings (SSSR count). The number of hydrogen-bond acceptors (Lipinski definition) is 8. The smallest absolute Gasteiger partial charge is 0.358 e. The first-order valence-corrected chi connectivity index (χ1v) is 8.13. The van der Waals surface area contributed by atoms with E-state index < -0.39 is 37.3 Å². The number of rotatable bonds is 5. The minimum absolute atomic E-state index is 0.272. The molecule has 0 bridgehead atoms. The van der Waals surface area contributed by atoms with Crippen LogP contribution in [0.15, 0.2) is 24.3 Å². The van der Waals surface area contributed by atoms with Gasteiger partial charge in [-0.2, -0.15) is 0 Å². The maximum atomic E-state index is 10.2. The standard InChI is InChI=1S/C15H19ClO7S/c1-2-20-14-12(19)13(11(18)10(7-17)22-14)23-15(24)21-9-5-3-8(16)4-6-9/h3-6,10-14,17-19H,2,7H2,1H3/t10-,11-,12+,13+,14+/m1/s1. The number of benzene rings is 1. The van der Waals surface area contributed by atoms with Crippen molar-refractivity contribution >= 4 is 29.1 Å². The van der Waals surface area contributed by atoms with Gasteiger partial charge in [0.05, 0.1) is 6.61 Å². The number of halogens is 1. The highest BCUT2D eigenvalue weighted by atomic mass is 35.5. The van der Waals surface area contributed by atoms with Gasteiger partial charge in [0.1, 0.15) is 24.1 Å². The van der Waals surface area contributed by atoms with Gasteiger partial charge in [-0.25, -0.2) is 0 Å². The molecule has 7 nitrogen and oxygen atoms in total. The van der Waals surface area contributed by atoms with Gasteiger partial charge in [-0.3, -0.25) is 0 Å². The molecule has 1 aliphatic heterocycles. The van der Waals surface area contributed by atoms with Gasteiger partial charge in [-0.05, 0) is 31.2 Å². The summed E-state index contributed by atoms with van der Waals surface area (Å²) in [5.41, 5.74) is 0. The fourth-order valence-corrected chi connectivity index (χ4v) is 2.56. The Hall–Kier alpha value is -1.00. The van der Waals surface area contributed by atoms with Gasteiger partial charge in [0.25, 0.3) is 0 Å². The Bertz CT molecular complexity index is 541. The molecule has 9 heteroatoms. The number of aliphatic hydroxyl groups excluding tert-OH is 3. The predicted octanol–water partition coefficient (Wildman–Crippen LogP) is 0.864. The molecule has 24 heavy (non-hydrogen) atoms. The SMILES string of the molecule is CCO[C@H]1O[C@H](CO)[C@@H](O)[C@H](OC(=S)Oc2ccc(Cl)cc2)[C@@H]1O. The molecule has 0 spiro atoms. The fraction of sp³-hybridized carbons (Fsp3) is 0.533. The number of hydrogen-bond donors (Lipinski definition) is 3. The zero-order valence-corrected chi connectivity index (χ0v) is 14.4. The van der Waals surface area contributed by atoms with E-state index in [0.29, 0.717) is 10.8 Å². The average molecular weight is 379 g/mol. The molecular formula is C15H19ClO7S. The van der Waals surface area contributed by atoms with E-state index in [0.717, 1.165) is 0 Å². The Morgan fingerprint density at radius 1 is 1.25 bits per heavy atom. The lowest BCUT2D eigenvalue weighted by Gasteiger charge is -2.41. The maximum absolute atomic E-state index is 10.2. The van der Waals surface area contributed by atoms with Crippen LogP contribution >= 0.6 is 23.8 Å². The van der Waals surface area contributed by atoms with Gasteiger partial charge in [-0.1, -0.05) is 11.6 Å². The summed E-state index contributed by atoms with van der Waals surface area (Å²) in [6, 6.07) is 6.41.